The van der Waals surface area contributed by atoms with Crippen molar-refractivity contribution in [2.24, 2.45) is 5.92 Å². The van der Waals surface area contributed by atoms with Crippen molar-refractivity contribution >= 4 is 21.6 Å². The number of hydrogen-bond acceptors (Lipinski definition) is 4. The number of carbonyl (C=O) groups excluding carboxylic acids is 1. The van der Waals surface area contributed by atoms with Gasteiger partial charge in [0.25, 0.3) is 0 Å². The van der Waals surface area contributed by atoms with E-state index >= 15 is 0 Å². The second-order valence-electron chi connectivity index (χ2n) is 8.66. The standard InChI is InChI=1S/C23H36N4O3S/c1-7-17(4)26-31(29,30)15-20-9-8-10-21(13-20)24-23(28)12-11-22-18(5)25-27(19(22)6)14-16(2)3/h8-10,13,16-17,26H,7,11-12,14-15H2,1-6H3,(H,24,28)/t17-/m0/s1. The van der Waals surface area contributed by atoms with Crippen LogP contribution in [-0.4, -0.2) is 30.1 Å². The zero-order valence-electron chi connectivity index (χ0n) is 19.5. The number of nitrogens with zero attached hydrogens (tertiary/aromatic N) is 2. The van der Waals surface area contributed by atoms with Crippen LogP contribution in [0.3, 0.4) is 0 Å². The van der Waals surface area contributed by atoms with Crippen LogP contribution >= 0.6 is 0 Å². The first-order chi connectivity index (χ1) is 14.5. The molecule has 0 saturated heterocycles. The van der Waals surface area contributed by atoms with Gasteiger partial charge in [0.15, 0.2) is 0 Å². The highest BCUT2D eigenvalue weighted by Gasteiger charge is 2.16. The molecule has 1 atom stereocenters. The molecular weight excluding hydrogens is 412 g/mol. The number of benzene rings is 1. The Kier molecular flexibility index (Phi) is 8.82. The molecule has 0 unspecified atom stereocenters. The lowest BCUT2D eigenvalue weighted by atomic mass is 10.1. The molecule has 0 fully saturated rings. The minimum Gasteiger partial charge on any atom is -0.326 e. The Bertz CT molecular complexity index is 996. The summed E-state index contributed by atoms with van der Waals surface area (Å²) in [6.07, 6.45) is 1.69. The van der Waals surface area contributed by atoms with Gasteiger partial charge in [0, 0.05) is 30.4 Å². The van der Waals surface area contributed by atoms with E-state index in [9.17, 15) is 13.2 Å². The molecule has 1 aromatic carbocycles. The first kappa shape index (κ1) is 25.1. The van der Waals surface area contributed by atoms with Crippen LogP contribution in [0.25, 0.3) is 0 Å². The fourth-order valence-corrected chi connectivity index (χ4v) is 4.95. The maximum Gasteiger partial charge on any atom is 0.224 e. The van der Waals surface area contributed by atoms with Gasteiger partial charge < -0.3 is 5.32 Å². The lowest BCUT2D eigenvalue weighted by Crippen LogP contribution is -2.32. The van der Waals surface area contributed by atoms with Crippen LogP contribution in [0.2, 0.25) is 0 Å². The minimum atomic E-state index is -3.43. The summed E-state index contributed by atoms with van der Waals surface area (Å²) in [5.41, 5.74) is 4.43. The lowest BCUT2D eigenvalue weighted by molar-refractivity contribution is -0.116. The predicted molar refractivity (Wildman–Crippen MR) is 125 cm³/mol. The van der Waals surface area contributed by atoms with Gasteiger partial charge in [-0.2, -0.15) is 5.10 Å². The third-order valence-electron chi connectivity index (χ3n) is 5.23. The molecule has 1 amide bonds. The molecule has 0 aliphatic carbocycles. The molecule has 8 heteroatoms. The van der Waals surface area contributed by atoms with Gasteiger partial charge in [0.05, 0.1) is 11.4 Å². The largest absolute Gasteiger partial charge is 0.326 e. The predicted octanol–water partition coefficient (Wildman–Crippen LogP) is 3.95. The number of sulfonamides is 1. The Morgan fingerprint density at radius 2 is 1.90 bits per heavy atom. The van der Waals surface area contributed by atoms with Crippen molar-refractivity contribution in [2.75, 3.05) is 5.32 Å². The molecular formula is C23H36N4O3S. The second kappa shape index (κ2) is 10.9. The topological polar surface area (TPSA) is 93.1 Å². The summed E-state index contributed by atoms with van der Waals surface area (Å²) in [5.74, 6) is 0.285. The number of carbonyl (C=O) groups is 1. The number of anilines is 1. The smallest absolute Gasteiger partial charge is 0.224 e. The number of rotatable bonds is 11. The van der Waals surface area contributed by atoms with E-state index in [1.165, 1.54) is 0 Å². The third kappa shape index (κ3) is 7.78. The van der Waals surface area contributed by atoms with Crippen molar-refractivity contribution in [3.63, 3.8) is 0 Å². The highest BCUT2D eigenvalue weighted by Crippen LogP contribution is 2.18. The Hall–Kier alpha value is -2.19. The van der Waals surface area contributed by atoms with Gasteiger partial charge in [-0.15, -0.1) is 0 Å². The van der Waals surface area contributed by atoms with Gasteiger partial charge in [-0.25, -0.2) is 13.1 Å². The van der Waals surface area contributed by atoms with Crippen LogP contribution in [0.15, 0.2) is 24.3 Å². The fraction of sp³-hybridized carbons (Fsp3) is 0.565. The van der Waals surface area contributed by atoms with Crippen molar-refractivity contribution in [3.8, 4) is 0 Å². The summed E-state index contributed by atoms with van der Waals surface area (Å²) >= 11 is 0. The average Bonchev–Trinajstić information content (AvgIpc) is 2.91. The Balaban J connectivity index is 1.98. The molecule has 7 nitrogen and oxygen atoms in total. The highest BCUT2D eigenvalue weighted by atomic mass is 32.2. The molecule has 172 valence electrons. The van der Waals surface area contributed by atoms with Crippen LogP contribution in [0.4, 0.5) is 5.69 Å². The van der Waals surface area contributed by atoms with Gasteiger partial charge >= 0.3 is 0 Å². The SMILES string of the molecule is CC[C@H](C)NS(=O)(=O)Cc1cccc(NC(=O)CCc2c(C)nn(CC(C)C)c2C)c1. The molecule has 0 aliphatic heterocycles. The monoisotopic (exact) mass is 448 g/mol. The summed E-state index contributed by atoms with van der Waals surface area (Å²) in [5, 5.41) is 7.49. The molecule has 0 spiro atoms. The Morgan fingerprint density at radius 1 is 1.19 bits per heavy atom. The van der Waals surface area contributed by atoms with Crippen LogP contribution in [0.5, 0.6) is 0 Å². The zero-order valence-corrected chi connectivity index (χ0v) is 20.3. The van der Waals surface area contributed by atoms with E-state index in [1.807, 2.05) is 32.4 Å². The maximum absolute atomic E-state index is 12.5. The van der Waals surface area contributed by atoms with E-state index in [2.05, 4.69) is 29.0 Å². The van der Waals surface area contributed by atoms with E-state index in [-0.39, 0.29) is 17.7 Å². The number of amides is 1. The quantitative estimate of drug-likeness (QED) is 0.544. The van der Waals surface area contributed by atoms with Gasteiger partial charge in [-0.3, -0.25) is 9.48 Å². The van der Waals surface area contributed by atoms with Gasteiger partial charge in [0.2, 0.25) is 15.9 Å². The minimum absolute atomic E-state index is 0.104. The second-order valence-corrected chi connectivity index (χ2v) is 10.4. The number of hydrogen-bond donors (Lipinski definition) is 2. The third-order valence-corrected chi connectivity index (χ3v) is 6.71. The molecule has 2 aromatic rings. The molecule has 0 radical (unpaired) electrons. The molecule has 1 heterocycles. The van der Waals surface area contributed by atoms with Crippen LogP contribution < -0.4 is 10.0 Å². The molecule has 0 bridgehead atoms. The number of aromatic nitrogens is 2. The van der Waals surface area contributed by atoms with Crippen molar-refractivity contribution < 1.29 is 13.2 Å². The summed E-state index contributed by atoms with van der Waals surface area (Å²) in [4.78, 5) is 12.5. The van der Waals surface area contributed by atoms with Gasteiger partial charge in [-0.1, -0.05) is 32.9 Å². The number of nitrogens with one attached hydrogen (secondary N) is 2. The van der Waals surface area contributed by atoms with E-state index in [0.29, 0.717) is 30.0 Å². The van der Waals surface area contributed by atoms with E-state index in [1.54, 1.807) is 24.3 Å². The molecule has 0 aliphatic rings. The average molecular weight is 449 g/mol. The molecule has 0 saturated carbocycles. The van der Waals surface area contributed by atoms with Crippen LogP contribution in [0, 0.1) is 19.8 Å². The summed E-state index contributed by atoms with van der Waals surface area (Å²) in [6, 6.07) is 6.89. The molecule has 31 heavy (non-hydrogen) atoms. The summed E-state index contributed by atoms with van der Waals surface area (Å²) in [7, 11) is -3.43. The van der Waals surface area contributed by atoms with E-state index in [0.717, 1.165) is 29.9 Å². The first-order valence-corrected chi connectivity index (χ1v) is 12.6. The van der Waals surface area contributed by atoms with E-state index in [4.69, 9.17) is 0 Å². The molecule has 2 rings (SSSR count). The van der Waals surface area contributed by atoms with E-state index < -0.39 is 10.0 Å². The number of aryl methyl sites for hydroxylation is 1. The first-order valence-electron chi connectivity index (χ1n) is 10.9. The van der Waals surface area contributed by atoms with Gasteiger partial charge in [0.1, 0.15) is 0 Å². The Morgan fingerprint density at radius 3 is 2.55 bits per heavy atom. The highest BCUT2D eigenvalue weighted by molar-refractivity contribution is 7.88. The van der Waals surface area contributed by atoms with Crippen molar-refractivity contribution in [2.45, 2.75) is 79.1 Å². The van der Waals surface area contributed by atoms with Crippen LogP contribution in [0.1, 0.15) is 63.1 Å². The van der Waals surface area contributed by atoms with Crippen LogP contribution in [-0.2, 0) is 33.5 Å². The normalized spacial score (nSPS) is 12.9. The Labute approximate surface area is 186 Å². The van der Waals surface area contributed by atoms with Crippen molar-refractivity contribution in [3.05, 3.63) is 46.8 Å². The van der Waals surface area contributed by atoms with Gasteiger partial charge in [-0.05, 0) is 62.8 Å². The molecule has 1 aromatic heterocycles. The van der Waals surface area contributed by atoms with Crippen molar-refractivity contribution in [1.29, 1.82) is 0 Å². The van der Waals surface area contributed by atoms with Crippen molar-refractivity contribution in [1.82, 2.24) is 14.5 Å². The lowest BCUT2D eigenvalue weighted by Gasteiger charge is -2.13. The fourth-order valence-electron chi connectivity index (χ4n) is 3.47. The zero-order chi connectivity index (χ0) is 23.2. The summed E-state index contributed by atoms with van der Waals surface area (Å²) < 4.78 is 29.2. The maximum atomic E-state index is 12.5. The molecule has 2 N–H and O–H groups in total. The summed E-state index contributed by atoms with van der Waals surface area (Å²) in [6.45, 7) is 13.0.